The molecule has 3 fully saturated rings. The summed E-state index contributed by atoms with van der Waals surface area (Å²) in [6, 6.07) is 0.216. The van der Waals surface area contributed by atoms with Gasteiger partial charge in [0.1, 0.15) is 11.9 Å². The van der Waals surface area contributed by atoms with Crippen LogP contribution in [0.1, 0.15) is 101 Å². The fourth-order valence-corrected chi connectivity index (χ4v) is 7.69. The lowest BCUT2D eigenvalue weighted by atomic mass is 9.77. The highest BCUT2D eigenvalue weighted by Crippen LogP contribution is 2.37. The normalized spacial score (nSPS) is 44.8. The van der Waals surface area contributed by atoms with Gasteiger partial charge < -0.3 is 28.6 Å². The van der Waals surface area contributed by atoms with Crippen LogP contribution in [0, 0.1) is 60.7 Å². The number of ketones is 1. The van der Waals surface area contributed by atoms with Crippen molar-refractivity contribution in [2.24, 2.45) is 41.4 Å². The Labute approximate surface area is 275 Å². The Balaban J connectivity index is 2.02. The third-order valence-corrected chi connectivity index (χ3v) is 10.3. The van der Waals surface area contributed by atoms with Crippen molar-refractivity contribution in [2.45, 2.75) is 150 Å². The zero-order valence-corrected chi connectivity index (χ0v) is 30.2. The van der Waals surface area contributed by atoms with Gasteiger partial charge >= 0.3 is 5.97 Å². The number of carbonyl (C=O) groups excluding carboxylic acids is 2. The summed E-state index contributed by atoms with van der Waals surface area (Å²) in [5, 5.41) is 0. The Morgan fingerprint density at radius 1 is 0.844 bits per heavy atom. The van der Waals surface area contributed by atoms with Gasteiger partial charge in [-0.05, 0) is 84.7 Å². The molecule has 0 aromatic carbocycles. The van der Waals surface area contributed by atoms with E-state index in [-0.39, 0.29) is 71.8 Å². The quantitative estimate of drug-likeness (QED) is 0.286. The summed E-state index contributed by atoms with van der Waals surface area (Å²) >= 11 is 0. The van der Waals surface area contributed by atoms with Crippen LogP contribution in [-0.2, 0) is 33.3 Å². The lowest BCUT2D eigenvalue weighted by molar-refractivity contribution is -0.253. The molecule has 3 aliphatic rings. The number of nitrogens with zero attached hydrogens (tertiary/aromatic N) is 1. The van der Waals surface area contributed by atoms with Crippen molar-refractivity contribution >= 4 is 11.8 Å². The Bertz CT molecular complexity index is 918. The van der Waals surface area contributed by atoms with Crippen molar-refractivity contribution in [3.63, 3.8) is 0 Å². The summed E-state index contributed by atoms with van der Waals surface area (Å²) in [5.74, 6) is -1.01. The van der Waals surface area contributed by atoms with Gasteiger partial charge in [0.15, 0.2) is 12.6 Å². The largest absolute Gasteiger partial charge is 0.462 e. The van der Waals surface area contributed by atoms with E-state index in [0.717, 1.165) is 19.3 Å². The number of carbonyl (C=O) groups is 2. The second-order valence-corrected chi connectivity index (χ2v) is 14.9. The summed E-state index contributed by atoms with van der Waals surface area (Å²) in [6.07, 6.45) is 8.07. The second-order valence-electron chi connectivity index (χ2n) is 14.9. The second kappa shape index (κ2) is 17.4. The van der Waals surface area contributed by atoms with Gasteiger partial charge in [0.05, 0.1) is 30.3 Å². The molecule has 8 nitrogen and oxygen atoms in total. The number of ether oxygens (including phenoxy) is 5. The van der Waals surface area contributed by atoms with Gasteiger partial charge in [-0.25, -0.2) is 0 Å². The van der Waals surface area contributed by atoms with Gasteiger partial charge in [-0.2, -0.15) is 0 Å². The lowest BCUT2D eigenvalue weighted by Crippen LogP contribution is -2.50. The van der Waals surface area contributed by atoms with E-state index in [1.807, 2.05) is 27.7 Å². The number of rotatable bonds is 7. The molecule has 0 aromatic rings. The van der Waals surface area contributed by atoms with Crippen molar-refractivity contribution in [3.8, 4) is 0 Å². The van der Waals surface area contributed by atoms with E-state index < -0.39 is 24.6 Å². The van der Waals surface area contributed by atoms with Crippen LogP contribution in [-0.4, -0.2) is 79.9 Å². The van der Waals surface area contributed by atoms with Gasteiger partial charge in [0.2, 0.25) is 0 Å². The highest BCUT2D eigenvalue weighted by Gasteiger charge is 2.44. The minimum absolute atomic E-state index is 0.0147. The van der Waals surface area contributed by atoms with E-state index in [1.54, 1.807) is 0 Å². The first-order valence-electron chi connectivity index (χ1n) is 17.7. The van der Waals surface area contributed by atoms with Crippen LogP contribution in [0.15, 0.2) is 0 Å². The average molecular weight is 635 g/mol. The Morgan fingerprint density at radius 2 is 1.53 bits per heavy atom. The van der Waals surface area contributed by atoms with Crippen LogP contribution in [0.2, 0.25) is 0 Å². The van der Waals surface area contributed by atoms with Crippen LogP contribution >= 0.6 is 0 Å². The van der Waals surface area contributed by atoms with Gasteiger partial charge in [0.25, 0.3) is 0 Å². The SMILES string of the molecule is CCC[C@H]1OC(=O)[C@H](C)[C@@H](O[C@H]2CC(C)[CH]C(C)O2)[C@H](C)[C@@H](O[C@H]2[CH]C(N(C)C)C[C@@H](C)O2)[C@@H](C)C[C@@H](C)C(=O)[C@H](C)[CH][C@H]1C. The van der Waals surface area contributed by atoms with Gasteiger partial charge in [-0.3, -0.25) is 9.59 Å². The molecule has 8 heteroatoms. The van der Waals surface area contributed by atoms with E-state index >= 15 is 0 Å². The fraction of sp³-hybridized carbons (Fsp3) is 0.865. The maximum atomic E-state index is 14.0. The molecule has 3 radical (unpaired) electrons. The van der Waals surface area contributed by atoms with E-state index in [2.05, 4.69) is 79.8 Å². The molecule has 3 aliphatic heterocycles. The number of cyclic esters (lactones) is 1. The molecule has 0 N–H and O–H groups in total. The summed E-state index contributed by atoms with van der Waals surface area (Å²) in [5.41, 5.74) is 0. The van der Waals surface area contributed by atoms with Crippen LogP contribution in [0.4, 0.5) is 0 Å². The lowest BCUT2D eigenvalue weighted by Gasteiger charge is -2.44. The molecule has 0 saturated carbocycles. The van der Waals surface area contributed by atoms with Crippen LogP contribution < -0.4 is 0 Å². The smallest absolute Gasteiger partial charge is 0.311 e. The number of hydrogen-bond donors (Lipinski definition) is 0. The molecule has 0 spiro atoms. The van der Waals surface area contributed by atoms with Crippen molar-refractivity contribution in [1.82, 2.24) is 4.90 Å². The molecule has 3 unspecified atom stereocenters. The zero-order valence-electron chi connectivity index (χ0n) is 30.2. The monoisotopic (exact) mass is 634 g/mol. The summed E-state index contributed by atoms with van der Waals surface area (Å²) < 4.78 is 32.5. The molecule has 3 saturated heterocycles. The maximum absolute atomic E-state index is 14.0. The third-order valence-electron chi connectivity index (χ3n) is 10.3. The fourth-order valence-electron chi connectivity index (χ4n) is 7.69. The van der Waals surface area contributed by atoms with E-state index in [0.29, 0.717) is 18.8 Å². The van der Waals surface area contributed by atoms with Crippen molar-refractivity contribution in [2.75, 3.05) is 14.1 Å². The van der Waals surface area contributed by atoms with E-state index in [1.165, 1.54) is 0 Å². The summed E-state index contributed by atoms with van der Waals surface area (Å²) in [4.78, 5) is 29.8. The molecule has 3 rings (SSSR count). The first kappa shape index (κ1) is 38.4. The third kappa shape index (κ3) is 10.7. The average Bonchev–Trinajstić information content (AvgIpc) is 2.95. The number of hydrogen-bond acceptors (Lipinski definition) is 8. The molecule has 0 aromatic heterocycles. The molecular weight excluding hydrogens is 570 g/mol. The Kier molecular flexibility index (Phi) is 14.8. The maximum Gasteiger partial charge on any atom is 0.311 e. The van der Waals surface area contributed by atoms with Gasteiger partial charge in [-0.15, -0.1) is 0 Å². The topological polar surface area (TPSA) is 83.5 Å². The standard InChI is InChI=1S/C37H64NO7/c1-13-14-31-22(3)17-23(4)34(39)24(5)18-25(6)35(44-33-20-30(38(11)12)19-27(8)42-33)28(9)36(29(10)37(40)43-31)45-32-16-21(2)15-26(7)41-32/h15,17,20-33,35-36H,13-14,16,18-19H2,1-12H3/t21?,22-,23-,24-,25+,26?,27-,28-,29-,30?,31-,32+,33+,35+,36+/m1/s1. The van der Waals surface area contributed by atoms with Gasteiger partial charge in [-0.1, -0.05) is 54.9 Å². The minimum Gasteiger partial charge on any atom is -0.462 e. The summed E-state index contributed by atoms with van der Waals surface area (Å²) in [6.45, 7) is 20.6. The first-order chi connectivity index (χ1) is 21.1. The van der Waals surface area contributed by atoms with Crippen LogP contribution in [0.3, 0.4) is 0 Å². The molecular formula is C37H64NO7. The molecule has 0 bridgehead atoms. The predicted molar refractivity (Wildman–Crippen MR) is 177 cm³/mol. The van der Waals surface area contributed by atoms with Crippen LogP contribution in [0.25, 0.3) is 0 Å². The highest BCUT2D eigenvalue weighted by molar-refractivity contribution is 5.84. The molecule has 15 atom stereocenters. The minimum atomic E-state index is -0.561. The predicted octanol–water partition coefficient (Wildman–Crippen LogP) is 6.71. The van der Waals surface area contributed by atoms with Crippen molar-refractivity contribution in [1.29, 1.82) is 0 Å². The first-order valence-corrected chi connectivity index (χ1v) is 17.7. The molecule has 0 amide bonds. The van der Waals surface area contributed by atoms with E-state index in [4.69, 9.17) is 23.7 Å². The Hall–Kier alpha value is -1.06. The van der Waals surface area contributed by atoms with Crippen LogP contribution in [0.5, 0.6) is 0 Å². The number of Topliss-reactive ketones (excluding diaryl/α,β-unsaturated/α-hetero) is 1. The number of esters is 1. The van der Waals surface area contributed by atoms with Crippen molar-refractivity contribution in [3.05, 3.63) is 19.3 Å². The molecule has 45 heavy (non-hydrogen) atoms. The van der Waals surface area contributed by atoms with E-state index in [9.17, 15) is 9.59 Å². The molecule has 259 valence electrons. The molecule has 0 aliphatic carbocycles. The molecule has 3 heterocycles. The van der Waals surface area contributed by atoms with Crippen molar-refractivity contribution < 1.29 is 33.3 Å². The Morgan fingerprint density at radius 3 is 2.16 bits per heavy atom. The highest BCUT2D eigenvalue weighted by atomic mass is 16.7. The zero-order chi connectivity index (χ0) is 33.6. The van der Waals surface area contributed by atoms with Gasteiger partial charge in [0, 0.05) is 36.6 Å². The summed E-state index contributed by atoms with van der Waals surface area (Å²) in [7, 11) is 4.14.